The predicted molar refractivity (Wildman–Crippen MR) is 117 cm³/mol. The van der Waals surface area contributed by atoms with Gasteiger partial charge in [0.05, 0.1) is 12.0 Å². The summed E-state index contributed by atoms with van der Waals surface area (Å²) >= 11 is 5.87. The van der Waals surface area contributed by atoms with Gasteiger partial charge < -0.3 is 15.4 Å². The van der Waals surface area contributed by atoms with Crippen LogP contribution in [0, 0.1) is 5.92 Å². The van der Waals surface area contributed by atoms with Crippen molar-refractivity contribution in [1.29, 1.82) is 0 Å². The van der Waals surface area contributed by atoms with Gasteiger partial charge in [-0.1, -0.05) is 55.7 Å². The van der Waals surface area contributed by atoms with E-state index in [1.54, 1.807) is 12.1 Å². The van der Waals surface area contributed by atoms with E-state index >= 15 is 0 Å². The molecule has 2 rings (SSSR count). The van der Waals surface area contributed by atoms with Crippen molar-refractivity contribution in [2.24, 2.45) is 5.92 Å². The Morgan fingerprint density at radius 1 is 1.23 bits per heavy atom. The zero-order valence-corrected chi connectivity index (χ0v) is 18.2. The summed E-state index contributed by atoms with van der Waals surface area (Å²) in [5.74, 6) is -1.19. The van der Waals surface area contributed by atoms with Crippen molar-refractivity contribution in [1.82, 2.24) is 10.6 Å². The highest BCUT2D eigenvalue weighted by Gasteiger charge is 2.24. The molecule has 164 valence electrons. The SMILES string of the molecule is CCCC[C@@H]1COC(=O)[C@H](CC(=O)NCc2ccc(Cl)cc2)C/C=C\CCC(=O)N1. The molecule has 1 aromatic carbocycles. The van der Waals surface area contributed by atoms with E-state index in [1.807, 2.05) is 24.3 Å². The lowest BCUT2D eigenvalue weighted by molar-refractivity contribution is -0.151. The maximum absolute atomic E-state index is 12.6. The van der Waals surface area contributed by atoms with Crippen LogP contribution in [-0.2, 0) is 25.7 Å². The lowest BCUT2D eigenvalue weighted by Gasteiger charge is -2.21. The van der Waals surface area contributed by atoms with Gasteiger partial charge in [0.15, 0.2) is 0 Å². The number of amides is 2. The number of unbranched alkanes of at least 4 members (excludes halogenated alkanes) is 1. The van der Waals surface area contributed by atoms with E-state index in [2.05, 4.69) is 17.6 Å². The average Bonchev–Trinajstić information content (AvgIpc) is 2.73. The van der Waals surface area contributed by atoms with E-state index in [9.17, 15) is 14.4 Å². The Hall–Kier alpha value is -2.34. The molecule has 2 atom stereocenters. The summed E-state index contributed by atoms with van der Waals surface area (Å²) in [5, 5.41) is 6.43. The largest absolute Gasteiger partial charge is 0.463 e. The van der Waals surface area contributed by atoms with Crippen LogP contribution >= 0.6 is 11.6 Å². The van der Waals surface area contributed by atoms with Crippen molar-refractivity contribution in [2.45, 2.75) is 64.5 Å². The summed E-state index contributed by atoms with van der Waals surface area (Å²) in [5.41, 5.74) is 0.934. The number of rotatable bonds is 7. The smallest absolute Gasteiger partial charge is 0.309 e. The minimum Gasteiger partial charge on any atom is -0.463 e. The van der Waals surface area contributed by atoms with Gasteiger partial charge in [0.2, 0.25) is 11.8 Å². The van der Waals surface area contributed by atoms with Crippen LogP contribution in [0.5, 0.6) is 0 Å². The molecular formula is C23H31ClN2O4. The molecule has 0 saturated heterocycles. The van der Waals surface area contributed by atoms with Crippen LogP contribution in [0.3, 0.4) is 0 Å². The number of halogens is 1. The van der Waals surface area contributed by atoms with E-state index < -0.39 is 11.9 Å². The fourth-order valence-electron chi connectivity index (χ4n) is 3.20. The number of allylic oxidation sites excluding steroid dienone is 2. The van der Waals surface area contributed by atoms with Crippen LogP contribution in [0.15, 0.2) is 36.4 Å². The number of carbonyl (C=O) groups excluding carboxylic acids is 3. The molecule has 0 radical (unpaired) electrons. The normalized spacial score (nSPS) is 21.5. The van der Waals surface area contributed by atoms with E-state index in [0.717, 1.165) is 24.8 Å². The molecule has 0 bridgehead atoms. The summed E-state index contributed by atoms with van der Waals surface area (Å²) in [6, 6.07) is 7.04. The third-order valence-electron chi connectivity index (χ3n) is 4.99. The second-order valence-electron chi connectivity index (χ2n) is 7.59. The lowest BCUT2D eigenvalue weighted by atomic mass is 10.00. The van der Waals surface area contributed by atoms with Gasteiger partial charge in [-0.2, -0.15) is 0 Å². The van der Waals surface area contributed by atoms with Crippen molar-refractivity contribution in [3.63, 3.8) is 0 Å². The quantitative estimate of drug-likeness (QED) is 0.503. The first-order chi connectivity index (χ1) is 14.5. The topological polar surface area (TPSA) is 84.5 Å². The summed E-state index contributed by atoms with van der Waals surface area (Å²) < 4.78 is 5.48. The molecule has 0 unspecified atom stereocenters. The van der Waals surface area contributed by atoms with E-state index in [4.69, 9.17) is 16.3 Å². The molecule has 1 aliphatic heterocycles. The highest BCUT2D eigenvalue weighted by molar-refractivity contribution is 6.30. The van der Waals surface area contributed by atoms with Gasteiger partial charge in [-0.15, -0.1) is 0 Å². The van der Waals surface area contributed by atoms with Crippen LogP contribution in [0.2, 0.25) is 5.02 Å². The standard InChI is InChI=1S/C23H31ClN2O4/c1-2-3-8-20-16-30-23(29)18(7-5-4-6-9-21(27)26-20)14-22(28)25-15-17-10-12-19(24)13-11-17/h4-5,10-13,18,20H,2-3,6-9,14-16H2,1H3,(H,25,28)(H,26,27)/b5-4-/t18-,20+/m0/s1. The van der Waals surface area contributed by atoms with Crippen LogP contribution in [-0.4, -0.2) is 30.4 Å². The number of carbonyl (C=O) groups is 3. The first kappa shape index (κ1) is 23.9. The number of esters is 1. The molecule has 0 aromatic heterocycles. The van der Waals surface area contributed by atoms with E-state index in [1.165, 1.54) is 0 Å². The first-order valence-corrected chi connectivity index (χ1v) is 11.0. The fraction of sp³-hybridized carbons (Fsp3) is 0.522. The maximum Gasteiger partial charge on any atom is 0.309 e. The second-order valence-corrected chi connectivity index (χ2v) is 8.02. The predicted octanol–water partition coefficient (Wildman–Crippen LogP) is 3.92. The number of hydrogen-bond acceptors (Lipinski definition) is 4. The molecule has 6 nitrogen and oxygen atoms in total. The molecule has 0 saturated carbocycles. The number of nitrogens with one attached hydrogen (secondary N) is 2. The summed E-state index contributed by atoms with van der Waals surface area (Å²) in [7, 11) is 0. The number of hydrogen-bond donors (Lipinski definition) is 2. The highest BCUT2D eigenvalue weighted by Crippen LogP contribution is 2.15. The Balaban J connectivity index is 1.94. The zero-order chi connectivity index (χ0) is 21.8. The van der Waals surface area contributed by atoms with Gasteiger partial charge in [0, 0.05) is 24.4 Å². The van der Waals surface area contributed by atoms with Gasteiger partial charge in [-0.05, 0) is 37.0 Å². The number of benzene rings is 1. The molecule has 1 aromatic rings. The molecule has 2 amide bonds. The summed E-state index contributed by atoms with van der Waals surface area (Å²) in [6.45, 7) is 2.59. The first-order valence-electron chi connectivity index (χ1n) is 10.6. The van der Waals surface area contributed by atoms with Crippen LogP contribution in [0.1, 0.15) is 57.4 Å². The van der Waals surface area contributed by atoms with Crippen molar-refractivity contribution in [3.8, 4) is 0 Å². The van der Waals surface area contributed by atoms with Crippen LogP contribution in [0.25, 0.3) is 0 Å². The second kappa shape index (κ2) is 13.1. The van der Waals surface area contributed by atoms with Gasteiger partial charge in [-0.25, -0.2) is 0 Å². The average molecular weight is 435 g/mol. The monoisotopic (exact) mass is 434 g/mol. The minimum absolute atomic E-state index is 0.0319. The van der Waals surface area contributed by atoms with Crippen LogP contribution < -0.4 is 10.6 Å². The van der Waals surface area contributed by atoms with Gasteiger partial charge >= 0.3 is 5.97 Å². The van der Waals surface area contributed by atoms with E-state index in [-0.39, 0.29) is 30.9 Å². The zero-order valence-electron chi connectivity index (χ0n) is 17.5. The molecule has 30 heavy (non-hydrogen) atoms. The third-order valence-corrected chi connectivity index (χ3v) is 5.24. The Bertz CT molecular complexity index is 733. The molecule has 0 fully saturated rings. The third kappa shape index (κ3) is 8.99. The Morgan fingerprint density at radius 2 is 2.00 bits per heavy atom. The Kier molecular flexibility index (Phi) is 10.4. The molecule has 1 aliphatic rings. The highest BCUT2D eigenvalue weighted by atomic mass is 35.5. The summed E-state index contributed by atoms with van der Waals surface area (Å²) in [4.78, 5) is 37.0. The Labute approximate surface area is 183 Å². The number of cyclic esters (lactones) is 1. The molecule has 2 N–H and O–H groups in total. The molecular weight excluding hydrogens is 404 g/mol. The molecule has 7 heteroatoms. The van der Waals surface area contributed by atoms with Crippen molar-refractivity contribution in [2.75, 3.05) is 6.61 Å². The minimum atomic E-state index is -0.548. The van der Waals surface area contributed by atoms with Gasteiger partial charge in [0.25, 0.3) is 0 Å². The molecule has 1 heterocycles. The fourth-order valence-corrected chi connectivity index (χ4v) is 3.33. The van der Waals surface area contributed by atoms with Crippen molar-refractivity contribution < 1.29 is 19.1 Å². The Morgan fingerprint density at radius 3 is 2.73 bits per heavy atom. The van der Waals surface area contributed by atoms with Gasteiger partial charge in [-0.3, -0.25) is 14.4 Å². The summed E-state index contributed by atoms with van der Waals surface area (Å²) in [6.07, 6.45) is 7.92. The van der Waals surface area contributed by atoms with Crippen molar-refractivity contribution in [3.05, 3.63) is 47.0 Å². The van der Waals surface area contributed by atoms with Crippen molar-refractivity contribution >= 4 is 29.4 Å². The van der Waals surface area contributed by atoms with Crippen LogP contribution in [0.4, 0.5) is 0 Å². The maximum atomic E-state index is 12.6. The van der Waals surface area contributed by atoms with E-state index in [0.29, 0.717) is 30.8 Å². The lowest BCUT2D eigenvalue weighted by Crippen LogP contribution is -2.39. The number of ether oxygens (including phenoxy) is 1. The molecule has 0 spiro atoms. The van der Waals surface area contributed by atoms with Gasteiger partial charge in [0.1, 0.15) is 6.61 Å². The molecule has 0 aliphatic carbocycles.